The van der Waals surface area contributed by atoms with E-state index in [0.717, 1.165) is 13.1 Å². The standard InChI is InChI=1S/C49H78N2O6S/c1-32(2)36-16-23-49(50-26-27-51-28-30-58(54,55)31-29-51)25-24-46(10)38(41(36)49)12-13-40-45(9)19-17-37(44(7,8)39(45)18-20-47(40,46)11)35-14-21-48(22-15-35,42(52)56-33(3)4)43(53)57-34(5)6/h17,19,33-34,36,38-41,50H,1,12-16,18,20-31H2,2-11H3/t36-,38+,39-,40+,41+,45-,46+,47+,49-/m0/s1. The van der Waals surface area contributed by atoms with E-state index >= 15 is 0 Å². The Morgan fingerprint density at radius 2 is 1.45 bits per heavy atom. The lowest BCUT2D eigenvalue weighted by molar-refractivity contribution is -0.209. The van der Waals surface area contributed by atoms with Crippen LogP contribution in [0.2, 0.25) is 0 Å². The average Bonchev–Trinajstić information content (AvgIpc) is 3.52. The largest absolute Gasteiger partial charge is 0.462 e. The van der Waals surface area contributed by atoms with Gasteiger partial charge in [-0.1, -0.05) is 64.5 Å². The summed E-state index contributed by atoms with van der Waals surface area (Å²) in [5.41, 5.74) is 3.56. The van der Waals surface area contributed by atoms with Crippen LogP contribution in [0, 0.1) is 56.7 Å². The highest BCUT2D eigenvalue weighted by Crippen LogP contribution is 2.76. The molecule has 5 saturated carbocycles. The Balaban J connectivity index is 1.13. The van der Waals surface area contributed by atoms with E-state index in [1.54, 1.807) is 0 Å². The van der Waals surface area contributed by atoms with E-state index in [1.807, 2.05) is 27.7 Å². The van der Waals surface area contributed by atoms with Crippen LogP contribution in [0.1, 0.15) is 146 Å². The SMILES string of the molecule is C=C(C)[C@@H]1CC[C@]2(NCCN3CCS(=O)(=O)CC3)CC[C@]3(C)[C@H](CC[C@@H]4[C@@]5(C)C=CC(=C6CCC(C(=O)OC(C)C)(C(=O)OC(C)C)CC6)C(C)(C)[C@@H]5CC[C@]43C)[C@@H]12. The van der Waals surface area contributed by atoms with E-state index in [4.69, 9.17) is 9.47 Å². The summed E-state index contributed by atoms with van der Waals surface area (Å²) in [6, 6.07) is 0. The first-order chi connectivity index (χ1) is 27.1. The minimum absolute atomic E-state index is 0.0323. The van der Waals surface area contributed by atoms with Crippen molar-refractivity contribution < 1.29 is 27.5 Å². The van der Waals surface area contributed by atoms with Crippen LogP contribution in [0.25, 0.3) is 0 Å². The van der Waals surface area contributed by atoms with Gasteiger partial charge in [0.1, 0.15) is 0 Å². The van der Waals surface area contributed by atoms with Gasteiger partial charge in [0.25, 0.3) is 0 Å². The van der Waals surface area contributed by atoms with Crippen molar-refractivity contribution in [1.29, 1.82) is 0 Å². The van der Waals surface area contributed by atoms with Gasteiger partial charge in [-0.15, -0.1) is 0 Å². The molecule has 6 fully saturated rings. The Hall–Kier alpha value is -1.97. The number of ether oxygens (including phenoxy) is 2. The topological polar surface area (TPSA) is 102 Å². The highest BCUT2D eigenvalue weighted by Gasteiger charge is 2.70. The van der Waals surface area contributed by atoms with Crippen LogP contribution >= 0.6 is 0 Å². The van der Waals surface area contributed by atoms with E-state index in [-0.39, 0.29) is 50.9 Å². The van der Waals surface area contributed by atoms with E-state index in [9.17, 15) is 18.0 Å². The fourth-order valence-electron chi connectivity index (χ4n) is 15.2. The van der Waals surface area contributed by atoms with Gasteiger partial charge in [-0.05, 0) is 168 Å². The molecule has 9 atom stereocenters. The van der Waals surface area contributed by atoms with E-state index in [1.165, 1.54) is 68.1 Å². The summed E-state index contributed by atoms with van der Waals surface area (Å²) in [6.07, 6.45) is 16.7. The first-order valence-corrected chi connectivity index (χ1v) is 25.0. The first kappa shape index (κ1) is 44.1. The molecular formula is C49H78N2O6S. The second-order valence-electron chi connectivity index (χ2n) is 22.2. The Labute approximate surface area is 352 Å². The summed E-state index contributed by atoms with van der Waals surface area (Å²) in [4.78, 5) is 29.5. The van der Waals surface area contributed by atoms with Gasteiger partial charge < -0.3 is 19.7 Å². The number of nitrogens with zero attached hydrogens (tertiary/aromatic N) is 1. The van der Waals surface area contributed by atoms with Gasteiger partial charge in [-0.25, -0.2) is 8.42 Å². The van der Waals surface area contributed by atoms with Crippen molar-refractivity contribution in [2.75, 3.05) is 37.7 Å². The van der Waals surface area contributed by atoms with Crippen LogP contribution in [-0.4, -0.2) is 80.7 Å². The van der Waals surface area contributed by atoms with Crippen molar-refractivity contribution in [2.24, 2.45) is 56.7 Å². The van der Waals surface area contributed by atoms with Crippen LogP contribution in [-0.2, 0) is 28.9 Å². The molecule has 58 heavy (non-hydrogen) atoms. The summed E-state index contributed by atoms with van der Waals surface area (Å²) >= 11 is 0. The first-order valence-electron chi connectivity index (χ1n) is 23.2. The van der Waals surface area contributed by atoms with Gasteiger partial charge in [-0.3, -0.25) is 9.59 Å². The van der Waals surface area contributed by atoms with Crippen molar-refractivity contribution in [3.63, 3.8) is 0 Å². The lowest BCUT2D eigenvalue weighted by Crippen LogP contribution is -2.68. The number of allylic oxidation sites excluding steroid dienone is 5. The summed E-state index contributed by atoms with van der Waals surface area (Å²) in [6.45, 7) is 30.4. The predicted molar refractivity (Wildman–Crippen MR) is 233 cm³/mol. The van der Waals surface area contributed by atoms with Gasteiger partial charge in [-0.2, -0.15) is 0 Å². The van der Waals surface area contributed by atoms with Gasteiger partial charge in [0.05, 0.1) is 23.7 Å². The zero-order chi connectivity index (χ0) is 42.3. The number of nitrogens with one attached hydrogen (secondary N) is 1. The van der Waals surface area contributed by atoms with Gasteiger partial charge in [0, 0.05) is 31.7 Å². The highest BCUT2D eigenvalue weighted by molar-refractivity contribution is 7.91. The van der Waals surface area contributed by atoms with Crippen LogP contribution < -0.4 is 5.32 Å². The zero-order valence-corrected chi connectivity index (χ0v) is 38.8. The molecular weight excluding hydrogens is 745 g/mol. The molecule has 0 bridgehead atoms. The number of hydrogen-bond acceptors (Lipinski definition) is 8. The summed E-state index contributed by atoms with van der Waals surface area (Å²) in [5, 5.41) is 4.22. The molecule has 1 saturated heterocycles. The minimum atomic E-state index is -2.88. The monoisotopic (exact) mass is 823 g/mol. The maximum absolute atomic E-state index is 13.6. The molecule has 1 heterocycles. The van der Waals surface area contributed by atoms with Crippen molar-refractivity contribution in [3.05, 3.63) is 35.5 Å². The quantitative estimate of drug-likeness (QED) is 0.140. The predicted octanol–water partition coefficient (Wildman–Crippen LogP) is 9.25. The Kier molecular flexibility index (Phi) is 11.7. The van der Waals surface area contributed by atoms with E-state index < -0.39 is 27.2 Å². The molecule has 0 radical (unpaired) electrons. The van der Waals surface area contributed by atoms with E-state index in [2.05, 4.69) is 70.5 Å². The third kappa shape index (κ3) is 7.13. The maximum Gasteiger partial charge on any atom is 0.323 e. The Morgan fingerprint density at radius 1 is 0.828 bits per heavy atom. The third-order valence-electron chi connectivity index (χ3n) is 18.3. The van der Waals surface area contributed by atoms with Gasteiger partial charge in [0.2, 0.25) is 0 Å². The summed E-state index contributed by atoms with van der Waals surface area (Å²) < 4.78 is 35.6. The van der Waals surface area contributed by atoms with Crippen molar-refractivity contribution in [1.82, 2.24) is 10.2 Å². The normalized spacial score (nSPS) is 40.3. The number of fused-ring (bicyclic) bond motifs is 7. The van der Waals surface area contributed by atoms with Crippen LogP contribution in [0.15, 0.2) is 35.5 Å². The smallest absolute Gasteiger partial charge is 0.323 e. The second-order valence-corrected chi connectivity index (χ2v) is 24.5. The number of sulfone groups is 1. The lowest BCUT2D eigenvalue weighted by atomic mass is 9.33. The molecule has 0 aromatic rings. The maximum atomic E-state index is 13.6. The highest BCUT2D eigenvalue weighted by atomic mass is 32.2. The van der Waals surface area contributed by atoms with Crippen molar-refractivity contribution >= 4 is 21.8 Å². The van der Waals surface area contributed by atoms with Gasteiger partial charge in [0.15, 0.2) is 15.3 Å². The fourth-order valence-corrected chi connectivity index (χ4v) is 16.5. The van der Waals surface area contributed by atoms with Crippen LogP contribution in [0.4, 0.5) is 0 Å². The molecule has 0 spiro atoms. The van der Waals surface area contributed by atoms with Crippen molar-refractivity contribution in [3.8, 4) is 0 Å². The minimum Gasteiger partial charge on any atom is -0.462 e. The molecule has 0 aromatic carbocycles. The third-order valence-corrected chi connectivity index (χ3v) is 19.9. The number of carbonyl (C=O) groups is 2. The molecule has 1 N–H and O–H groups in total. The molecule has 6 aliphatic carbocycles. The Morgan fingerprint density at radius 3 is 2.03 bits per heavy atom. The number of carbonyl (C=O) groups excluding carboxylic acids is 2. The van der Waals surface area contributed by atoms with Crippen LogP contribution in [0.3, 0.4) is 0 Å². The number of rotatable bonds is 9. The molecule has 7 aliphatic rings. The lowest BCUT2D eigenvalue weighted by Gasteiger charge is -2.72. The number of hydrogen-bond donors (Lipinski definition) is 1. The van der Waals surface area contributed by atoms with Crippen molar-refractivity contribution in [2.45, 2.75) is 164 Å². The fraction of sp³-hybridized carbons (Fsp3) is 0.837. The number of esters is 2. The molecule has 9 heteroatoms. The average molecular weight is 823 g/mol. The molecule has 8 nitrogen and oxygen atoms in total. The molecule has 1 aliphatic heterocycles. The molecule has 0 aromatic heterocycles. The van der Waals surface area contributed by atoms with Crippen LogP contribution in [0.5, 0.6) is 0 Å². The Bertz CT molecular complexity index is 1760. The molecule has 7 rings (SSSR count). The zero-order valence-electron chi connectivity index (χ0n) is 37.9. The second kappa shape index (κ2) is 15.4. The summed E-state index contributed by atoms with van der Waals surface area (Å²) in [7, 11) is -2.88. The van der Waals surface area contributed by atoms with E-state index in [0.29, 0.717) is 68.4 Å². The van der Waals surface area contributed by atoms with Gasteiger partial charge >= 0.3 is 11.9 Å². The summed E-state index contributed by atoms with van der Waals surface area (Å²) in [5.74, 6) is 2.59. The molecule has 0 unspecified atom stereocenters. The molecule has 0 amide bonds. The molecule has 326 valence electrons.